The Balaban J connectivity index is 1.59. The molecular weight excluding hydrogens is 358 g/mol. The first-order valence-electron chi connectivity index (χ1n) is 8.39. The van der Waals surface area contributed by atoms with Gasteiger partial charge in [-0.05, 0) is 43.7 Å². The van der Waals surface area contributed by atoms with Crippen LogP contribution in [0.5, 0.6) is 0 Å². The molecule has 1 aliphatic rings. The van der Waals surface area contributed by atoms with Gasteiger partial charge in [-0.25, -0.2) is 0 Å². The molecule has 0 aromatic carbocycles. The molecule has 2 aromatic heterocycles. The van der Waals surface area contributed by atoms with Crippen LogP contribution in [0.25, 0.3) is 0 Å². The molecule has 1 amide bonds. The van der Waals surface area contributed by atoms with E-state index >= 15 is 0 Å². The summed E-state index contributed by atoms with van der Waals surface area (Å²) >= 11 is 5.00. The van der Waals surface area contributed by atoms with Crippen LogP contribution in [-0.4, -0.2) is 32.8 Å². The summed E-state index contributed by atoms with van der Waals surface area (Å²) in [5, 5.41) is 11.2. The normalized spacial score (nSPS) is 15.1. The van der Waals surface area contributed by atoms with Gasteiger partial charge in [0.15, 0.2) is 4.34 Å². The monoisotopic (exact) mass is 381 g/mol. The lowest BCUT2D eigenvalue weighted by Gasteiger charge is -2.29. The van der Waals surface area contributed by atoms with Gasteiger partial charge in [0.25, 0.3) is 0 Å². The smallest absolute Gasteiger partial charge is 0.223 e. The molecule has 3 rings (SSSR count). The van der Waals surface area contributed by atoms with E-state index in [2.05, 4.69) is 33.5 Å². The maximum atomic E-state index is 12.8. The fraction of sp³-hybridized carbons (Fsp3) is 0.588. The van der Waals surface area contributed by atoms with Crippen LogP contribution < -0.4 is 0 Å². The zero-order valence-corrected chi connectivity index (χ0v) is 16.6. The average molecular weight is 382 g/mol. The first-order chi connectivity index (χ1) is 11.6. The number of hydrogen-bond donors (Lipinski definition) is 0. The summed E-state index contributed by atoms with van der Waals surface area (Å²) < 4.78 is 0.960. The Morgan fingerprint density at radius 1 is 1.33 bits per heavy atom. The minimum Gasteiger partial charge on any atom is -0.335 e. The third-order valence-electron chi connectivity index (χ3n) is 4.42. The van der Waals surface area contributed by atoms with Gasteiger partial charge in [-0.1, -0.05) is 35.9 Å². The van der Waals surface area contributed by atoms with E-state index in [0.717, 1.165) is 34.5 Å². The molecule has 0 aliphatic heterocycles. The van der Waals surface area contributed by atoms with Crippen LogP contribution in [0.1, 0.15) is 47.6 Å². The molecule has 0 bridgehead atoms. The van der Waals surface area contributed by atoms with Crippen molar-refractivity contribution in [3.63, 3.8) is 0 Å². The van der Waals surface area contributed by atoms with Gasteiger partial charge in [0, 0.05) is 23.1 Å². The van der Waals surface area contributed by atoms with Crippen LogP contribution >= 0.6 is 34.4 Å². The van der Waals surface area contributed by atoms with Crippen LogP contribution in [-0.2, 0) is 11.3 Å². The summed E-state index contributed by atoms with van der Waals surface area (Å²) in [5.74, 6) is 1.06. The van der Waals surface area contributed by atoms with Crippen molar-refractivity contribution in [2.75, 3.05) is 5.75 Å². The Morgan fingerprint density at radius 2 is 2.12 bits per heavy atom. The second-order valence-electron chi connectivity index (χ2n) is 6.17. The first-order valence-corrected chi connectivity index (χ1v) is 11.1. The predicted molar refractivity (Wildman–Crippen MR) is 102 cm³/mol. The Labute approximate surface area is 155 Å². The molecule has 0 unspecified atom stereocenters. The third-order valence-corrected chi connectivity index (χ3v) is 7.40. The number of carbonyl (C=O) groups excluding carboxylic acids is 1. The van der Waals surface area contributed by atoms with Crippen molar-refractivity contribution in [3.05, 3.63) is 26.9 Å². The molecular formula is C17H23N3OS3. The highest BCUT2D eigenvalue weighted by atomic mass is 32.2. The molecule has 1 saturated carbocycles. The van der Waals surface area contributed by atoms with Crippen molar-refractivity contribution in [1.29, 1.82) is 0 Å². The Kier molecular flexibility index (Phi) is 6.30. The van der Waals surface area contributed by atoms with Crippen molar-refractivity contribution >= 4 is 40.3 Å². The number of hydrogen-bond acceptors (Lipinski definition) is 6. The molecule has 0 saturated heterocycles. The highest BCUT2D eigenvalue weighted by Gasteiger charge is 2.27. The van der Waals surface area contributed by atoms with E-state index in [-0.39, 0.29) is 5.91 Å². The van der Waals surface area contributed by atoms with E-state index in [1.54, 1.807) is 34.4 Å². The lowest BCUT2D eigenvalue weighted by atomic mass is 10.1. The van der Waals surface area contributed by atoms with Gasteiger partial charge in [-0.15, -0.1) is 21.5 Å². The number of rotatable bonds is 7. The topological polar surface area (TPSA) is 46.1 Å². The van der Waals surface area contributed by atoms with Crippen molar-refractivity contribution in [3.8, 4) is 0 Å². The molecule has 1 fully saturated rings. The van der Waals surface area contributed by atoms with Crippen molar-refractivity contribution in [1.82, 2.24) is 15.1 Å². The van der Waals surface area contributed by atoms with Gasteiger partial charge in [-0.3, -0.25) is 4.79 Å². The van der Waals surface area contributed by atoms with Crippen LogP contribution in [0, 0.1) is 13.8 Å². The van der Waals surface area contributed by atoms with E-state index in [1.807, 2.05) is 6.92 Å². The molecule has 0 radical (unpaired) electrons. The number of thioether (sulfide) groups is 1. The first kappa shape index (κ1) is 17.9. The maximum Gasteiger partial charge on any atom is 0.223 e. The second kappa shape index (κ2) is 8.45. The molecule has 0 spiro atoms. The second-order valence-corrected chi connectivity index (χ2v) is 9.70. The molecule has 4 nitrogen and oxygen atoms in total. The fourth-order valence-corrected chi connectivity index (χ4v) is 5.78. The summed E-state index contributed by atoms with van der Waals surface area (Å²) in [6.07, 6.45) is 5.37. The van der Waals surface area contributed by atoms with Crippen LogP contribution in [0.4, 0.5) is 0 Å². The van der Waals surface area contributed by atoms with Crippen molar-refractivity contribution in [2.24, 2.45) is 0 Å². The molecule has 7 heteroatoms. The highest BCUT2D eigenvalue weighted by molar-refractivity contribution is 8.01. The van der Waals surface area contributed by atoms with E-state index in [0.29, 0.717) is 12.5 Å². The van der Waals surface area contributed by atoms with E-state index in [1.165, 1.54) is 23.3 Å². The standard InChI is InChI=1S/C17H23N3OS3/c1-12-7-9-22-15(12)11-20(14-5-3-4-6-14)16(21)8-10-23-17-19-18-13(2)24-17/h7,9,14H,3-6,8,10-11H2,1-2H3. The highest BCUT2D eigenvalue weighted by Crippen LogP contribution is 2.29. The summed E-state index contributed by atoms with van der Waals surface area (Å²) in [6.45, 7) is 4.87. The molecule has 2 aromatic rings. The van der Waals surface area contributed by atoms with Gasteiger partial charge in [-0.2, -0.15) is 0 Å². The molecule has 130 valence electrons. The minimum absolute atomic E-state index is 0.281. The fourth-order valence-electron chi connectivity index (χ4n) is 3.06. The van der Waals surface area contributed by atoms with Crippen LogP contribution in [0.15, 0.2) is 15.8 Å². The number of amides is 1. The number of aromatic nitrogens is 2. The van der Waals surface area contributed by atoms with Gasteiger partial charge in [0.2, 0.25) is 5.91 Å². The summed E-state index contributed by atoms with van der Waals surface area (Å²) in [5.41, 5.74) is 1.30. The van der Waals surface area contributed by atoms with E-state index < -0.39 is 0 Å². The van der Waals surface area contributed by atoms with Gasteiger partial charge >= 0.3 is 0 Å². The predicted octanol–water partition coefficient (Wildman–Crippen LogP) is 4.67. The SMILES string of the molecule is Cc1nnc(SCCC(=O)N(Cc2sccc2C)C2CCCC2)s1. The van der Waals surface area contributed by atoms with Crippen molar-refractivity contribution < 1.29 is 4.79 Å². The van der Waals surface area contributed by atoms with Crippen LogP contribution in [0.3, 0.4) is 0 Å². The molecule has 0 N–H and O–H groups in total. The largest absolute Gasteiger partial charge is 0.335 e. The number of carbonyl (C=O) groups is 1. The zero-order valence-electron chi connectivity index (χ0n) is 14.2. The van der Waals surface area contributed by atoms with Gasteiger partial charge in [0.1, 0.15) is 5.01 Å². The number of aryl methyl sites for hydroxylation is 2. The lowest BCUT2D eigenvalue weighted by molar-refractivity contribution is -0.133. The molecule has 1 aliphatic carbocycles. The molecule has 0 atom stereocenters. The maximum absolute atomic E-state index is 12.8. The summed E-state index contributed by atoms with van der Waals surface area (Å²) in [4.78, 5) is 16.3. The molecule has 24 heavy (non-hydrogen) atoms. The quantitative estimate of drug-likeness (QED) is 0.654. The number of thiophene rings is 1. The Morgan fingerprint density at radius 3 is 2.75 bits per heavy atom. The van der Waals surface area contributed by atoms with E-state index in [4.69, 9.17) is 0 Å². The van der Waals surface area contributed by atoms with Gasteiger partial charge < -0.3 is 4.90 Å². The Hall–Kier alpha value is -0.920. The van der Waals surface area contributed by atoms with Gasteiger partial charge in [0.05, 0.1) is 6.54 Å². The third kappa shape index (κ3) is 4.58. The molecule has 2 heterocycles. The zero-order chi connectivity index (χ0) is 16.9. The average Bonchev–Trinajstić information content (AvgIpc) is 3.28. The minimum atomic E-state index is 0.281. The van der Waals surface area contributed by atoms with E-state index in [9.17, 15) is 4.79 Å². The van der Waals surface area contributed by atoms with Crippen LogP contribution in [0.2, 0.25) is 0 Å². The number of nitrogens with zero attached hydrogens (tertiary/aromatic N) is 3. The summed E-state index contributed by atoms with van der Waals surface area (Å²) in [6, 6.07) is 2.57. The summed E-state index contributed by atoms with van der Waals surface area (Å²) in [7, 11) is 0. The Bertz CT molecular complexity index is 676. The lowest BCUT2D eigenvalue weighted by Crippen LogP contribution is -2.38. The van der Waals surface area contributed by atoms with Crippen molar-refractivity contribution in [2.45, 2.75) is 62.9 Å².